The molecule has 0 saturated heterocycles. The molecule has 1 atom stereocenters. The maximum Gasteiger partial charge on any atom is 0.229 e. The third-order valence-corrected chi connectivity index (χ3v) is 2.60. The molecule has 0 aromatic heterocycles. The Morgan fingerprint density at radius 1 is 1.31 bits per heavy atom. The maximum atomic E-state index is 10.6. The molecule has 3 heteroatoms. The standard InChI is InChI=1S/C13H14O3/c14-7-6-12(13-9-15-10-16-13)8-11-4-2-1-3-5-11/h1-5,7,9,12H,6,8,10H2. The molecule has 1 aliphatic heterocycles. The molecule has 1 heterocycles. The smallest absolute Gasteiger partial charge is 0.229 e. The van der Waals surface area contributed by atoms with Gasteiger partial charge < -0.3 is 14.3 Å². The fraction of sp³-hybridized carbons (Fsp3) is 0.308. The van der Waals surface area contributed by atoms with Crippen molar-refractivity contribution in [3.63, 3.8) is 0 Å². The van der Waals surface area contributed by atoms with Crippen LogP contribution in [0.15, 0.2) is 42.4 Å². The van der Waals surface area contributed by atoms with Crippen LogP contribution in [-0.2, 0) is 20.7 Å². The minimum Gasteiger partial charge on any atom is -0.462 e. The number of hydrogen-bond acceptors (Lipinski definition) is 3. The molecule has 0 aliphatic carbocycles. The second-order valence-corrected chi connectivity index (χ2v) is 3.74. The third-order valence-electron chi connectivity index (χ3n) is 2.60. The summed E-state index contributed by atoms with van der Waals surface area (Å²) in [5.74, 6) is 0.860. The van der Waals surface area contributed by atoms with Gasteiger partial charge in [0.1, 0.15) is 18.3 Å². The minimum atomic E-state index is 0.0856. The number of benzene rings is 1. The summed E-state index contributed by atoms with van der Waals surface area (Å²) in [6, 6.07) is 10.1. The van der Waals surface area contributed by atoms with Crippen LogP contribution in [-0.4, -0.2) is 13.1 Å². The first kappa shape index (κ1) is 10.7. The molecule has 16 heavy (non-hydrogen) atoms. The van der Waals surface area contributed by atoms with Crippen LogP contribution >= 0.6 is 0 Å². The van der Waals surface area contributed by atoms with E-state index >= 15 is 0 Å². The molecule has 3 nitrogen and oxygen atoms in total. The summed E-state index contributed by atoms with van der Waals surface area (Å²) in [5, 5.41) is 0. The summed E-state index contributed by atoms with van der Waals surface area (Å²) < 4.78 is 10.3. The van der Waals surface area contributed by atoms with Gasteiger partial charge >= 0.3 is 0 Å². The summed E-state index contributed by atoms with van der Waals surface area (Å²) >= 11 is 0. The number of hydrogen-bond donors (Lipinski definition) is 0. The van der Waals surface area contributed by atoms with Crippen LogP contribution in [0.2, 0.25) is 0 Å². The quantitative estimate of drug-likeness (QED) is 0.711. The van der Waals surface area contributed by atoms with Crippen LogP contribution in [0.4, 0.5) is 0 Å². The van der Waals surface area contributed by atoms with E-state index in [1.54, 1.807) is 6.26 Å². The molecule has 0 spiro atoms. The van der Waals surface area contributed by atoms with E-state index in [1.165, 1.54) is 5.56 Å². The van der Waals surface area contributed by atoms with E-state index in [9.17, 15) is 4.79 Å². The normalized spacial score (nSPS) is 15.9. The average molecular weight is 218 g/mol. The van der Waals surface area contributed by atoms with Gasteiger partial charge in [-0.05, 0) is 12.0 Å². The Hall–Kier alpha value is -1.77. The van der Waals surface area contributed by atoms with Crippen molar-refractivity contribution < 1.29 is 14.3 Å². The van der Waals surface area contributed by atoms with Crippen molar-refractivity contribution in [1.82, 2.24) is 0 Å². The van der Waals surface area contributed by atoms with E-state index in [2.05, 4.69) is 0 Å². The van der Waals surface area contributed by atoms with E-state index < -0.39 is 0 Å². The number of allylic oxidation sites excluding steroid dienone is 1. The lowest BCUT2D eigenvalue weighted by molar-refractivity contribution is -0.108. The molecule has 0 N–H and O–H groups in total. The Balaban J connectivity index is 2.05. The van der Waals surface area contributed by atoms with Gasteiger partial charge in [-0.2, -0.15) is 0 Å². The molecule has 1 aliphatic rings. The number of carbonyl (C=O) groups is 1. The van der Waals surface area contributed by atoms with Crippen molar-refractivity contribution in [2.75, 3.05) is 6.79 Å². The predicted octanol–water partition coefficient (Wildman–Crippen LogP) is 2.28. The van der Waals surface area contributed by atoms with E-state index in [0.29, 0.717) is 6.42 Å². The summed E-state index contributed by atoms with van der Waals surface area (Å²) in [4.78, 5) is 10.6. The number of ether oxygens (including phenoxy) is 2. The molecule has 0 saturated carbocycles. The number of carbonyl (C=O) groups excluding carboxylic acids is 1. The van der Waals surface area contributed by atoms with Gasteiger partial charge in [-0.25, -0.2) is 0 Å². The largest absolute Gasteiger partial charge is 0.462 e. The highest BCUT2D eigenvalue weighted by atomic mass is 16.7. The van der Waals surface area contributed by atoms with E-state index in [-0.39, 0.29) is 12.7 Å². The predicted molar refractivity (Wildman–Crippen MR) is 59.4 cm³/mol. The van der Waals surface area contributed by atoms with Gasteiger partial charge in [0.05, 0.1) is 0 Å². The van der Waals surface area contributed by atoms with E-state index in [4.69, 9.17) is 9.47 Å². The molecule has 1 unspecified atom stereocenters. The molecule has 1 aromatic rings. The van der Waals surface area contributed by atoms with Crippen molar-refractivity contribution >= 4 is 6.29 Å². The Bertz CT molecular complexity index is 370. The Morgan fingerprint density at radius 3 is 2.75 bits per heavy atom. The van der Waals surface area contributed by atoms with Crippen molar-refractivity contribution in [2.24, 2.45) is 5.92 Å². The molecule has 0 fully saturated rings. The molecule has 0 bridgehead atoms. The summed E-state index contributed by atoms with van der Waals surface area (Å²) in [6.45, 7) is 0.263. The molecule has 0 radical (unpaired) electrons. The van der Waals surface area contributed by atoms with Crippen molar-refractivity contribution in [3.8, 4) is 0 Å². The zero-order valence-electron chi connectivity index (χ0n) is 8.96. The molecule has 1 aromatic carbocycles. The first-order valence-corrected chi connectivity index (χ1v) is 5.32. The SMILES string of the molecule is O=CCC(Cc1ccccc1)C1=COCO1. The highest BCUT2D eigenvalue weighted by Crippen LogP contribution is 2.23. The number of aldehydes is 1. The van der Waals surface area contributed by atoms with Gasteiger partial charge in [-0.15, -0.1) is 0 Å². The Kier molecular flexibility index (Phi) is 3.59. The van der Waals surface area contributed by atoms with Crippen LogP contribution in [0.25, 0.3) is 0 Å². The first-order chi connectivity index (χ1) is 7.90. The summed E-state index contributed by atoms with van der Waals surface area (Å²) in [7, 11) is 0. The molecular weight excluding hydrogens is 204 g/mol. The van der Waals surface area contributed by atoms with Crippen LogP contribution in [0.5, 0.6) is 0 Å². The highest BCUT2D eigenvalue weighted by molar-refractivity contribution is 5.50. The third kappa shape index (κ3) is 2.63. The van der Waals surface area contributed by atoms with Crippen LogP contribution in [0.1, 0.15) is 12.0 Å². The fourth-order valence-electron chi connectivity index (χ4n) is 1.78. The van der Waals surface area contributed by atoms with Crippen LogP contribution in [0, 0.1) is 5.92 Å². The van der Waals surface area contributed by atoms with Gasteiger partial charge in [0.15, 0.2) is 0 Å². The van der Waals surface area contributed by atoms with Gasteiger partial charge in [0, 0.05) is 12.3 Å². The first-order valence-electron chi connectivity index (χ1n) is 5.32. The maximum absolute atomic E-state index is 10.6. The van der Waals surface area contributed by atoms with Gasteiger partial charge in [0.25, 0.3) is 0 Å². The number of rotatable bonds is 5. The second-order valence-electron chi connectivity index (χ2n) is 3.74. The zero-order valence-corrected chi connectivity index (χ0v) is 8.96. The Morgan fingerprint density at radius 2 is 2.12 bits per heavy atom. The lowest BCUT2D eigenvalue weighted by Gasteiger charge is -2.13. The molecular formula is C13H14O3. The highest BCUT2D eigenvalue weighted by Gasteiger charge is 2.19. The monoisotopic (exact) mass is 218 g/mol. The molecule has 0 amide bonds. The van der Waals surface area contributed by atoms with Gasteiger partial charge in [-0.3, -0.25) is 0 Å². The average Bonchev–Trinajstić information content (AvgIpc) is 2.83. The lowest BCUT2D eigenvalue weighted by Crippen LogP contribution is -2.09. The Labute approximate surface area is 94.7 Å². The van der Waals surface area contributed by atoms with Gasteiger partial charge in [0.2, 0.25) is 6.79 Å². The topological polar surface area (TPSA) is 35.5 Å². The summed E-state index contributed by atoms with van der Waals surface area (Å²) in [5.41, 5.74) is 1.20. The van der Waals surface area contributed by atoms with Crippen LogP contribution < -0.4 is 0 Å². The molecule has 2 rings (SSSR count). The second kappa shape index (κ2) is 5.35. The van der Waals surface area contributed by atoms with Crippen molar-refractivity contribution in [1.29, 1.82) is 0 Å². The minimum absolute atomic E-state index is 0.0856. The summed E-state index contributed by atoms with van der Waals surface area (Å²) in [6.07, 6.45) is 3.80. The van der Waals surface area contributed by atoms with E-state index in [0.717, 1.165) is 18.5 Å². The molecule has 84 valence electrons. The van der Waals surface area contributed by atoms with E-state index in [1.807, 2.05) is 30.3 Å². The fourth-order valence-corrected chi connectivity index (χ4v) is 1.78. The van der Waals surface area contributed by atoms with Crippen molar-refractivity contribution in [2.45, 2.75) is 12.8 Å². The van der Waals surface area contributed by atoms with Gasteiger partial charge in [-0.1, -0.05) is 30.3 Å². The van der Waals surface area contributed by atoms with Crippen molar-refractivity contribution in [3.05, 3.63) is 47.9 Å². The lowest BCUT2D eigenvalue weighted by atomic mass is 9.95. The van der Waals surface area contributed by atoms with Crippen LogP contribution in [0.3, 0.4) is 0 Å². The zero-order chi connectivity index (χ0) is 11.2.